The summed E-state index contributed by atoms with van der Waals surface area (Å²) in [6.45, 7) is 2.31. The van der Waals surface area contributed by atoms with E-state index in [1.165, 1.54) is 0 Å². The number of hydrogen-bond donors (Lipinski definition) is 2. The molecule has 0 aliphatic heterocycles. The van der Waals surface area contributed by atoms with Crippen molar-refractivity contribution in [3.63, 3.8) is 0 Å². The number of amides is 2. The number of pyridine rings is 1. The lowest BCUT2D eigenvalue weighted by Crippen LogP contribution is -2.28. The molecule has 21 heavy (non-hydrogen) atoms. The summed E-state index contributed by atoms with van der Waals surface area (Å²) in [5, 5.41) is 5.56. The maximum Gasteiger partial charge on any atom is 0.319 e. The average Bonchev–Trinajstić information content (AvgIpc) is 2.49. The number of benzene rings is 1. The first-order valence-corrected chi connectivity index (χ1v) is 7.18. The number of urea groups is 1. The highest BCUT2D eigenvalue weighted by atomic mass is 79.9. The van der Waals surface area contributed by atoms with Gasteiger partial charge in [-0.3, -0.25) is 0 Å². The summed E-state index contributed by atoms with van der Waals surface area (Å²) in [5.41, 5.74) is 2.62. The van der Waals surface area contributed by atoms with Crippen molar-refractivity contribution in [2.75, 3.05) is 12.4 Å². The van der Waals surface area contributed by atoms with Crippen LogP contribution in [0.5, 0.6) is 5.88 Å². The van der Waals surface area contributed by atoms with E-state index in [2.05, 4.69) is 31.5 Å². The first-order chi connectivity index (χ1) is 10.1. The monoisotopic (exact) mass is 349 g/mol. The summed E-state index contributed by atoms with van der Waals surface area (Å²) in [6, 6.07) is 9.01. The Balaban J connectivity index is 1.94. The van der Waals surface area contributed by atoms with E-state index in [0.717, 1.165) is 21.3 Å². The van der Waals surface area contributed by atoms with E-state index in [9.17, 15) is 4.79 Å². The Morgan fingerprint density at radius 1 is 1.38 bits per heavy atom. The molecule has 110 valence electrons. The number of carbonyl (C=O) groups excluding carboxylic acids is 1. The van der Waals surface area contributed by atoms with Gasteiger partial charge in [-0.2, -0.15) is 0 Å². The summed E-state index contributed by atoms with van der Waals surface area (Å²) in [4.78, 5) is 16.0. The van der Waals surface area contributed by atoms with Crippen LogP contribution in [-0.2, 0) is 6.54 Å². The molecular weight excluding hydrogens is 334 g/mol. The van der Waals surface area contributed by atoms with E-state index >= 15 is 0 Å². The molecule has 0 atom stereocenters. The molecule has 1 heterocycles. The lowest BCUT2D eigenvalue weighted by atomic mass is 10.2. The van der Waals surface area contributed by atoms with E-state index in [4.69, 9.17) is 4.74 Å². The number of methoxy groups -OCH3 is 1. The van der Waals surface area contributed by atoms with Gasteiger partial charge in [-0.15, -0.1) is 0 Å². The molecule has 0 bridgehead atoms. The highest BCUT2D eigenvalue weighted by Gasteiger charge is 2.06. The SMILES string of the molecule is COc1ncccc1CNC(=O)Nc1ccc(Br)c(C)c1. The number of aromatic nitrogens is 1. The second-order valence-electron chi connectivity index (χ2n) is 4.44. The number of nitrogens with one attached hydrogen (secondary N) is 2. The second-order valence-corrected chi connectivity index (χ2v) is 5.30. The van der Waals surface area contributed by atoms with Gasteiger partial charge >= 0.3 is 6.03 Å². The Kier molecular flexibility index (Phi) is 5.16. The molecule has 2 aromatic rings. The molecule has 1 aromatic carbocycles. The first kappa shape index (κ1) is 15.3. The van der Waals surface area contributed by atoms with Crippen LogP contribution < -0.4 is 15.4 Å². The number of ether oxygens (including phenoxy) is 1. The minimum Gasteiger partial charge on any atom is -0.481 e. The molecule has 5 nitrogen and oxygen atoms in total. The number of halogens is 1. The molecule has 0 unspecified atom stereocenters. The third kappa shape index (κ3) is 4.19. The molecule has 2 rings (SSSR count). The summed E-state index contributed by atoms with van der Waals surface area (Å²) in [5.74, 6) is 0.511. The molecule has 0 radical (unpaired) electrons. The molecular formula is C15H16BrN3O2. The van der Waals surface area contributed by atoms with Crippen molar-refractivity contribution >= 4 is 27.6 Å². The van der Waals surface area contributed by atoms with Crippen LogP contribution >= 0.6 is 15.9 Å². The fourth-order valence-corrected chi connectivity index (χ4v) is 2.06. The predicted molar refractivity (Wildman–Crippen MR) is 85.5 cm³/mol. The van der Waals surface area contributed by atoms with Gasteiger partial charge in [0, 0.05) is 28.5 Å². The topological polar surface area (TPSA) is 63.2 Å². The van der Waals surface area contributed by atoms with Crippen LogP contribution in [-0.4, -0.2) is 18.1 Å². The summed E-state index contributed by atoms with van der Waals surface area (Å²) < 4.78 is 6.14. The Bertz CT molecular complexity index is 647. The highest BCUT2D eigenvalue weighted by Crippen LogP contribution is 2.20. The molecule has 0 saturated heterocycles. The summed E-state index contributed by atoms with van der Waals surface area (Å²) in [7, 11) is 1.55. The number of hydrogen-bond acceptors (Lipinski definition) is 3. The van der Waals surface area contributed by atoms with Gasteiger partial charge in [-0.05, 0) is 36.8 Å². The van der Waals surface area contributed by atoms with Crippen LogP contribution in [0.3, 0.4) is 0 Å². The van der Waals surface area contributed by atoms with Gasteiger partial charge in [0.1, 0.15) is 0 Å². The van der Waals surface area contributed by atoms with Gasteiger partial charge in [0.2, 0.25) is 5.88 Å². The van der Waals surface area contributed by atoms with Crippen LogP contribution in [0.1, 0.15) is 11.1 Å². The van der Waals surface area contributed by atoms with Crippen LogP contribution in [0.25, 0.3) is 0 Å². The van der Waals surface area contributed by atoms with Crippen molar-refractivity contribution in [3.05, 3.63) is 52.1 Å². The molecule has 1 aromatic heterocycles. The standard InChI is InChI=1S/C15H16BrN3O2/c1-10-8-12(5-6-13(10)16)19-15(20)18-9-11-4-3-7-17-14(11)21-2/h3-8H,9H2,1-2H3,(H2,18,19,20). The number of nitrogens with zero attached hydrogens (tertiary/aromatic N) is 1. The highest BCUT2D eigenvalue weighted by molar-refractivity contribution is 9.10. The van der Waals surface area contributed by atoms with Crippen molar-refractivity contribution in [1.29, 1.82) is 0 Å². The van der Waals surface area contributed by atoms with Gasteiger partial charge in [0.25, 0.3) is 0 Å². The van der Waals surface area contributed by atoms with Crippen molar-refractivity contribution < 1.29 is 9.53 Å². The Hall–Kier alpha value is -2.08. The number of aryl methyl sites for hydroxylation is 1. The van der Waals surface area contributed by atoms with E-state index in [0.29, 0.717) is 12.4 Å². The number of rotatable bonds is 4. The average molecular weight is 350 g/mol. The zero-order chi connectivity index (χ0) is 15.2. The minimum absolute atomic E-state index is 0.275. The van der Waals surface area contributed by atoms with E-state index in [1.54, 1.807) is 19.4 Å². The molecule has 0 aliphatic carbocycles. The van der Waals surface area contributed by atoms with Crippen LogP contribution in [0.15, 0.2) is 41.0 Å². The predicted octanol–water partition coefficient (Wildman–Crippen LogP) is 3.48. The molecule has 2 amide bonds. The second kappa shape index (κ2) is 7.08. The van der Waals surface area contributed by atoms with Crippen molar-refractivity contribution in [2.24, 2.45) is 0 Å². The van der Waals surface area contributed by atoms with Crippen molar-refractivity contribution in [3.8, 4) is 5.88 Å². The van der Waals surface area contributed by atoms with Gasteiger partial charge in [0.05, 0.1) is 7.11 Å². The smallest absolute Gasteiger partial charge is 0.319 e. The Morgan fingerprint density at radius 2 is 2.19 bits per heavy atom. The van der Waals surface area contributed by atoms with E-state index in [-0.39, 0.29) is 6.03 Å². The molecule has 0 spiro atoms. The van der Waals surface area contributed by atoms with Gasteiger partial charge in [-0.25, -0.2) is 9.78 Å². The third-order valence-corrected chi connectivity index (χ3v) is 3.79. The minimum atomic E-state index is -0.275. The van der Waals surface area contributed by atoms with Crippen LogP contribution in [0.2, 0.25) is 0 Å². The van der Waals surface area contributed by atoms with Crippen molar-refractivity contribution in [2.45, 2.75) is 13.5 Å². The maximum absolute atomic E-state index is 11.9. The van der Waals surface area contributed by atoms with Crippen molar-refractivity contribution in [1.82, 2.24) is 10.3 Å². The van der Waals surface area contributed by atoms with Crippen LogP contribution in [0.4, 0.5) is 10.5 Å². The quantitative estimate of drug-likeness (QED) is 0.887. The molecule has 0 saturated carbocycles. The molecule has 2 N–H and O–H groups in total. The van der Waals surface area contributed by atoms with Crippen LogP contribution in [0, 0.1) is 6.92 Å². The van der Waals surface area contributed by atoms with Gasteiger partial charge in [-0.1, -0.05) is 22.0 Å². The third-order valence-electron chi connectivity index (χ3n) is 2.90. The number of carbonyl (C=O) groups is 1. The Labute approximate surface area is 131 Å². The van der Waals surface area contributed by atoms with E-state index in [1.807, 2.05) is 31.2 Å². The summed E-state index contributed by atoms with van der Waals surface area (Å²) >= 11 is 3.42. The lowest BCUT2D eigenvalue weighted by molar-refractivity contribution is 0.251. The zero-order valence-electron chi connectivity index (χ0n) is 11.8. The largest absolute Gasteiger partial charge is 0.481 e. The summed E-state index contributed by atoms with van der Waals surface area (Å²) in [6.07, 6.45) is 1.65. The normalized spacial score (nSPS) is 10.0. The fourth-order valence-electron chi connectivity index (χ4n) is 1.82. The first-order valence-electron chi connectivity index (χ1n) is 6.39. The van der Waals surface area contributed by atoms with E-state index < -0.39 is 0 Å². The zero-order valence-corrected chi connectivity index (χ0v) is 13.4. The lowest BCUT2D eigenvalue weighted by Gasteiger charge is -2.10. The number of anilines is 1. The fraction of sp³-hybridized carbons (Fsp3) is 0.200. The van der Waals surface area contributed by atoms with Gasteiger partial charge < -0.3 is 15.4 Å². The maximum atomic E-state index is 11.9. The molecule has 0 aliphatic rings. The Morgan fingerprint density at radius 3 is 2.90 bits per heavy atom. The molecule has 6 heteroatoms. The molecule has 0 fully saturated rings. The van der Waals surface area contributed by atoms with Gasteiger partial charge in [0.15, 0.2) is 0 Å².